The zero-order chi connectivity index (χ0) is 17.9. The molecule has 0 aromatic heterocycles. The second kappa shape index (κ2) is 9.91. The van der Waals surface area contributed by atoms with Gasteiger partial charge in [0, 0.05) is 32.2 Å². The number of guanidine groups is 1. The molecule has 0 aromatic rings. The van der Waals surface area contributed by atoms with Crippen LogP contribution in [0.25, 0.3) is 0 Å². The Morgan fingerprint density at radius 3 is 2.12 bits per heavy atom. The van der Waals surface area contributed by atoms with Crippen molar-refractivity contribution in [2.45, 2.75) is 58.4 Å². The Labute approximate surface area is 176 Å². The summed E-state index contributed by atoms with van der Waals surface area (Å²) in [6, 6.07) is 0.307. The van der Waals surface area contributed by atoms with Crippen LogP contribution in [0.15, 0.2) is 4.99 Å². The molecule has 1 saturated heterocycles. The molecule has 0 aromatic carbocycles. The van der Waals surface area contributed by atoms with E-state index in [-0.39, 0.29) is 29.7 Å². The minimum atomic E-state index is -3.05. The largest absolute Gasteiger partial charge is 0.357 e. The Morgan fingerprint density at radius 2 is 1.65 bits per heavy atom. The highest BCUT2D eigenvalue weighted by molar-refractivity contribution is 14.0. The quantitative estimate of drug-likeness (QED) is 0.306. The van der Waals surface area contributed by atoms with Crippen LogP contribution < -0.4 is 10.6 Å². The fourth-order valence-electron chi connectivity index (χ4n) is 3.90. The first-order chi connectivity index (χ1) is 12.0. The summed E-state index contributed by atoms with van der Waals surface area (Å²) in [7, 11) is -3.05. The van der Waals surface area contributed by atoms with Crippen LogP contribution in [0, 0.1) is 17.8 Å². The van der Waals surface area contributed by atoms with Gasteiger partial charge in [-0.05, 0) is 70.1 Å². The second-order valence-corrected chi connectivity index (χ2v) is 10.0. The topological polar surface area (TPSA) is 73.8 Å². The summed E-state index contributed by atoms with van der Waals surface area (Å²) in [5.41, 5.74) is 0. The normalized spacial score (nSPS) is 23.0. The van der Waals surface area contributed by atoms with Crippen molar-refractivity contribution in [3.05, 3.63) is 0 Å². The van der Waals surface area contributed by atoms with E-state index in [4.69, 9.17) is 4.99 Å². The van der Waals surface area contributed by atoms with Gasteiger partial charge >= 0.3 is 0 Å². The first-order valence-corrected chi connectivity index (χ1v) is 11.7. The van der Waals surface area contributed by atoms with Gasteiger partial charge in [0.25, 0.3) is 0 Å². The van der Waals surface area contributed by atoms with Crippen molar-refractivity contribution in [3.8, 4) is 0 Å². The van der Waals surface area contributed by atoms with Gasteiger partial charge in [0.05, 0.1) is 5.75 Å². The van der Waals surface area contributed by atoms with Crippen molar-refractivity contribution in [2.24, 2.45) is 22.7 Å². The van der Waals surface area contributed by atoms with E-state index in [2.05, 4.69) is 17.6 Å². The van der Waals surface area contributed by atoms with Crippen LogP contribution in [0.1, 0.15) is 52.4 Å². The van der Waals surface area contributed by atoms with Gasteiger partial charge in [0.1, 0.15) is 0 Å². The first-order valence-electron chi connectivity index (χ1n) is 10.1. The van der Waals surface area contributed by atoms with Gasteiger partial charge in [0.2, 0.25) is 10.0 Å². The predicted octanol–water partition coefficient (Wildman–Crippen LogP) is 2.41. The molecule has 0 spiro atoms. The SMILES string of the molecule is CCNC(=NCC(C1CC1)C1CC1)NC1CCN(S(=O)(=O)CC)CC1.I. The van der Waals surface area contributed by atoms with E-state index in [0.717, 1.165) is 49.6 Å². The van der Waals surface area contributed by atoms with E-state index >= 15 is 0 Å². The molecule has 2 aliphatic carbocycles. The van der Waals surface area contributed by atoms with Crippen molar-refractivity contribution < 1.29 is 8.42 Å². The average molecular weight is 498 g/mol. The van der Waals surface area contributed by atoms with Gasteiger partial charge in [-0.25, -0.2) is 12.7 Å². The third kappa shape index (κ3) is 6.22. The van der Waals surface area contributed by atoms with Crippen molar-refractivity contribution >= 4 is 40.0 Å². The maximum atomic E-state index is 12.0. The number of nitrogens with one attached hydrogen (secondary N) is 2. The highest BCUT2D eigenvalue weighted by atomic mass is 127. The summed E-state index contributed by atoms with van der Waals surface area (Å²) in [5, 5.41) is 6.90. The molecule has 3 aliphatic rings. The number of piperidine rings is 1. The highest BCUT2D eigenvalue weighted by Crippen LogP contribution is 2.49. The van der Waals surface area contributed by atoms with E-state index in [0.29, 0.717) is 19.1 Å². The van der Waals surface area contributed by atoms with Gasteiger partial charge < -0.3 is 10.6 Å². The van der Waals surface area contributed by atoms with E-state index in [1.807, 2.05) is 0 Å². The number of aliphatic imine (C=N–C) groups is 1. The van der Waals surface area contributed by atoms with Crippen molar-refractivity contribution in [1.82, 2.24) is 14.9 Å². The molecular formula is C18H35IN4O2S. The molecule has 8 heteroatoms. The molecule has 152 valence electrons. The molecule has 1 aliphatic heterocycles. The van der Waals surface area contributed by atoms with Crippen LogP contribution >= 0.6 is 24.0 Å². The van der Waals surface area contributed by atoms with Gasteiger partial charge in [-0.2, -0.15) is 0 Å². The smallest absolute Gasteiger partial charge is 0.213 e. The molecule has 26 heavy (non-hydrogen) atoms. The van der Waals surface area contributed by atoms with Crippen LogP contribution in [-0.4, -0.2) is 56.7 Å². The van der Waals surface area contributed by atoms with Crippen molar-refractivity contribution in [3.63, 3.8) is 0 Å². The summed E-state index contributed by atoms with van der Waals surface area (Å²) in [6.45, 7) is 6.82. The molecule has 0 unspecified atom stereocenters. The summed E-state index contributed by atoms with van der Waals surface area (Å²) in [4.78, 5) is 4.88. The van der Waals surface area contributed by atoms with Crippen LogP contribution in [-0.2, 0) is 10.0 Å². The molecule has 0 bridgehead atoms. The summed E-state index contributed by atoms with van der Waals surface area (Å²) in [6.07, 6.45) is 7.27. The molecule has 0 amide bonds. The number of sulfonamides is 1. The lowest BCUT2D eigenvalue weighted by atomic mass is 9.98. The summed E-state index contributed by atoms with van der Waals surface area (Å²) >= 11 is 0. The Morgan fingerprint density at radius 1 is 1.08 bits per heavy atom. The third-order valence-electron chi connectivity index (χ3n) is 5.81. The lowest BCUT2D eigenvalue weighted by Gasteiger charge is -2.32. The van der Waals surface area contributed by atoms with Crippen LogP contribution in [0.2, 0.25) is 0 Å². The molecule has 2 N–H and O–H groups in total. The number of nitrogens with zero attached hydrogens (tertiary/aromatic N) is 2. The fraction of sp³-hybridized carbons (Fsp3) is 0.944. The van der Waals surface area contributed by atoms with Crippen LogP contribution in [0.3, 0.4) is 0 Å². The maximum Gasteiger partial charge on any atom is 0.213 e. The monoisotopic (exact) mass is 498 g/mol. The second-order valence-electron chi connectivity index (χ2n) is 7.78. The minimum Gasteiger partial charge on any atom is -0.357 e. The molecule has 0 atom stereocenters. The van der Waals surface area contributed by atoms with Crippen molar-refractivity contribution in [2.75, 3.05) is 31.9 Å². The van der Waals surface area contributed by atoms with Gasteiger partial charge in [-0.1, -0.05) is 0 Å². The van der Waals surface area contributed by atoms with Gasteiger partial charge in [-0.15, -0.1) is 24.0 Å². The van der Waals surface area contributed by atoms with Gasteiger partial charge in [0.15, 0.2) is 5.96 Å². The average Bonchev–Trinajstić information content (AvgIpc) is 3.49. The van der Waals surface area contributed by atoms with Crippen LogP contribution in [0.5, 0.6) is 0 Å². The molecule has 3 rings (SSSR count). The molecule has 0 radical (unpaired) electrons. The highest BCUT2D eigenvalue weighted by Gasteiger charge is 2.41. The Hall–Kier alpha value is -0.0900. The Balaban J connectivity index is 0.00000243. The molecule has 6 nitrogen and oxygen atoms in total. The lowest BCUT2D eigenvalue weighted by Crippen LogP contribution is -2.50. The lowest BCUT2D eigenvalue weighted by molar-refractivity contribution is 0.306. The Bertz CT molecular complexity index is 556. The standard InChI is InChI=1S/C18H34N4O2S.HI/c1-3-19-18(20-13-17(14-5-6-14)15-7-8-15)21-16-9-11-22(12-10-16)25(23,24)4-2;/h14-17H,3-13H2,1-2H3,(H2,19,20,21);1H. The molecular weight excluding hydrogens is 463 g/mol. The van der Waals surface area contributed by atoms with Crippen LogP contribution in [0.4, 0.5) is 0 Å². The third-order valence-corrected chi connectivity index (χ3v) is 7.69. The van der Waals surface area contributed by atoms with Gasteiger partial charge in [-0.3, -0.25) is 4.99 Å². The fourth-order valence-corrected chi connectivity index (χ4v) is 5.04. The predicted molar refractivity (Wildman–Crippen MR) is 118 cm³/mol. The Kier molecular flexibility index (Phi) is 8.46. The zero-order valence-electron chi connectivity index (χ0n) is 16.1. The molecule has 1 heterocycles. The molecule has 2 saturated carbocycles. The summed E-state index contributed by atoms with van der Waals surface area (Å²) in [5.74, 6) is 3.72. The molecule has 3 fully saturated rings. The van der Waals surface area contributed by atoms with E-state index in [9.17, 15) is 8.42 Å². The minimum absolute atomic E-state index is 0. The van der Waals surface area contributed by atoms with E-state index in [1.165, 1.54) is 25.7 Å². The number of hydrogen-bond acceptors (Lipinski definition) is 3. The summed E-state index contributed by atoms with van der Waals surface area (Å²) < 4.78 is 25.6. The number of hydrogen-bond donors (Lipinski definition) is 2. The van der Waals surface area contributed by atoms with Crippen molar-refractivity contribution in [1.29, 1.82) is 0 Å². The first kappa shape index (κ1) is 22.2. The number of halogens is 1. The van der Waals surface area contributed by atoms with E-state index < -0.39 is 10.0 Å². The maximum absolute atomic E-state index is 12.0. The zero-order valence-corrected chi connectivity index (χ0v) is 19.3. The van der Waals surface area contributed by atoms with E-state index in [1.54, 1.807) is 11.2 Å². The number of rotatable bonds is 8.